The number of hydrazone groups is 1. The molecule has 5 rings (SSSR count). The van der Waals surface area contributed by atoms with Crippen molar-refractivity contribution in [3.63, 3.8) is 0 Å². The van der Waals surface area contributed by atoms with E-state index in [4.69, 9.17) is 0 Å². The molecule has 1 amide bonds. The molecule has 2 aromatic heterocycles. The Kier molecular flexibility index (Phi) is 5.63. The number of aryl methyl sites for hydroxylation is 1. The van der Waals surface area contributed by atoms with Crippen LogP contribution in [0, 0.1) is 6.92 Å². The number of H-pyrrole nitrogens is 1. The lowest BCUT2D eigenvalue weighted by Gasteiger charge is -2.25. The molecule has 2 aliphatic heterocycles. The highest BCUT2D eigenvalue weighted by molar-refractivity contribution is 6.32. The van der Waals surface area contributed by atoms with E-state index in [0.717, 1.165) is 25.1 Å². The Bertz CT molecular complexity index is 1060. The summed E-state index contributed by atoms with van der Waals surface area (Å²) in [4.78, 5) is 23.0. The molecular weight excluding hydrogens is 402 g/mol. The number of rotatable bonds is 7. The molecule has 0 spiro atoms. The van der Waals surface area contributed by atoms with Gasteiger partial charge in [0.2, 0.25) is 5.82 Å². The summed E-state index contributed by atoms with van der Waals surface area (Å²) in [5, 5.41) is 12.1. The second-order valence-corrected chi connectivity index (χ2v) is 9.37. The van der Waals surface area contributed by atoms with Crippen molar-refractivity contribution in [2.45, 2.75) is 77.3 Å². The molecule has 2 unspecified atom stereocenters. The van der Waals surface area contributed by atoms with Crippen LogP contribution in [0.4, 0.5) is 0 Å². The molecule has 0 aromatic carbocycles. The third-order valence-corrected chi connectivity index (χ3v) is 7.11. The Morgan fingerprint density at radius 1 is 1.16 bits per heavy atom. The molecule has 2 N–H and O–H groups in total. The number of aromatic nitrogens is 4. The molecule has 8 nitrogen and oxygen atoms in total. The fraction of sp³-hybridized carbons (Fsp3) is 0.542. The lowest BCUT2D eigenvalue weighted by Crippen LogP contribution is -2.33. The maximum atomic E-state index is 12.5. The van der Waals surface area contributed by atoms with Gasteiger partial charge in [-0.3, -0.25) is 9.69 Å². The third kappa shape index (κ3) is 3.99. The van der Waals surface area contributed by atoms with Crippen LogP contribution in [0.5, 0.6) is 0 Å². The lowest BCUT2D eigenvalue weighted by atomic mass is 9.98. The predicted octanol–water partition coefficient (Wildman–Crippen LogP) is 3.11. The van der Waals surface area contributed by atoms with E-state index in [2.05, 4.69) is 56.4 Å². The summed E-state index contributed by atoms with van der Waals surface area (Å²) < 4.78 is 0. The maximum absolute atomic E-state index is 12.5. The second-order valence-electron chi connectivity index (χ2n) is 9.37. The summed E-state index contributed by atoms with van der Waals surface area (Å²) in [6, 6.07) is 1.38. The van der Waals surface area contributed by atoms with E-state index in [1.54, 1.807) is 6.20 Å². The third-order valence-electron chi connectivity index (χ3n) is 7.11. The van der Waals surface area contributed by atoms with E-state index < -0.39 is 0 Å². The van der Waals surface area contributed by atoms with Gasteiger partial charge < -0.3 is 4.98 Å². The van der Waals surface area contributed by atoms with Gasteiger partial charge in [-0.25, -0.2) is 10.4 Å². The van der Waals surface area contributed by atoms with Crippen molar-refractivity contribution in [2.75, 3.05) is 6.54 Å². The zero-order chi connectivity index (χ0) is 22.2. The van der Waals surface area contributed by atoms with E-state index in [1.165, 1.54) is 48.7 Å². The van der Waals surface area contributed by atoms with E-state index in [9.17, 15) is 4.79 Å². The molecule has 1 saturated carbocycles. The number of amides is 1. The molecule has 168 valence electrons. The van der Waals surface area contributed by atoms with E-state index in [-0.39, 0.29) is 5.91 Å². The van der Waals surface area contributed by atoms with Crippen LogP contribution in [0.2, 0.25) is 0 Å². The number of nitrogens with one attached hydrogen (secondary N) is 2. The number of carbonyl (C=O) groups excluding carboxylic acids is 1. The average molecular weight is 434 g/mol. The fourth-order valence-corrected chi connectivity index (χ4v) is 5.25. The summed E-state index contributed by atoms with van der Waals surface area (Å²) in [6.45, 7) is 7.99. The number of hydrogen-bond acceptors (Lipinski definition) is 6. The number of hydrogen-bond donors (Lipinski definition) is 2. The molecule has 32 heavy (non-hydrogen) atoms. The molecule has 8 heteroatoms. The van der Waals surface area contributed by atoms with Gasteiger partial charge >= 0.3 is 0 Å². The second kappa shape index (κ2) is 8.58. The molecule has 0 bridgehead atoms. The van der Waals surface area contributed by atoms with Crippen molar-refractivity contribution in [1.82, 2.24) is 30.5 Å². The number of likely N-dealkylation sites (tertiary alicyclic amines) is 1. The van der Waals surface area contributed by atoms with Crippen LogP contribution in [0.15, 0.2) is 23.1 Å². The topological polar surface area (TPSA) is 99.2 Å². The van der Waals surface area contributed by atoms with Crippen LogP contribution in [0.3, 0.4) is 0 Å². The van der Waals surface area contributed by atoms with Gasteiger partial charge in [0.05, 0.1) is 11.8 Å². The van der Waals surface area contributed by atoms with E-state index in [1.807, 2.05) is 6.08 Å². The van der Waals surface area contributed by atoms with Gasteiger partial charge in [0, 0.05) is 29.7 Å². The molecule has 0 radical (unpaired) electrons. The van der Waals surface area contributed by atoms with Gasteiger partial charge in [-0.2, -0.15) is 10.2 Å². The van der Waals surface area contributed by atoms with E-state index in [0.29, 0.717) is 35.1 Å². The molecule has 2 fully saturated rings. The summed E-state index contributed by atoms with van der Waals surface area (Å²) in [5.41, 5.74) is 8.50. The summed E-state index contributed by atoms with van der Waals surface area (Å²) >= 11 is 0. The van der Waals surface area contributed by atoms with Gasteiger partial charge in [-0.15, -0.1) is 5.10 Å². The molecule has 3 aliphatic rings. The highest BCUT2D eigenvalue weighted by Crippen LogP contribution is 2.45. The van der Waals surface area contributed by atoms with Crippen LogP contribution >= 0.6 is 0 Å². The first-order valence-corrected chi connectivity index (χ1v) is 11.7. The smallest absolute Gasteiger partial charge is 0.273 e. The molecule has 2 atom stereocenters. The Labute approximate surface area is 188 Å². The molecule has 2 aromatic rings. The summed E-state index contributed by atoms with van der Waals surface area (Å²) in [7, 11) is 0. The van der Waals surface area contributed by atoms with Crippen molar-refractivity contribution in [1.29, 1.82) is 0 Å². The predicted molar refractivity (Wildman–Crippen MR) is 123 cm³/mol. The van der Waals surface area contributed by atoms with Crippen molar-refractivity contribution in [3.8, 4) is 0 Å². The average Bonchev–Trinajstić information content (AvgIpc) is 3.40. The Hall–Kier alpha value is -2.87. The van der Waals surface area contributed by atoms with E-state index >= 15 is 0 Å². The molecule has 4 heterocycles. The highest BCUT2D eigenvalue weighted by Gasteiger charge is 2.33. The highest BCUT2D eigenvalue weighted by atomic mass is 16.2. The minimum Gasteiger partial charge on any atom is -0.359 e. The summed E-state index contributed by atoms with van der Waals surface area (Å²) in [6.07, 6.45) is 12.2. The van der Waals surface area contributed by atoms with Crippen molar-refractivity contribution >= 4 is 17.7 Å². The van der Waals surface area contributed by atoms with Crippen molar-refractivity contribution < 1.29 is 4.79 Å². The van der Waals surface area contributed by atoms with Gasteiger partial charge in [0.25, 0.3) is 5.91 Å². The maximum Gasteiger partial charge on any atom is 0.273 e. The van der Waals surface area contributed by atoms with Crippen molar-refractivity contribution in [3.05, 3.63) is 46.3 Å². The molecule has 1 aliphatic carbocycles. The lowest BCUT2D eigenvalue weighted by molar-refractivity contribution is -0.116. The standard InChI is InChI=1S/C24H31N7O/c1-14-6-7-15(2)31(14)12-4-5-18-16(3)27-20(21(18)17-8-9-17)13-19-22(28-30-24(19)32)23-25-10-11-26-29-23/h10-11,13-15,17,27H,4-9,12H2,1-3H3,(H,30,32). The number of nitrogens with zero attached hydrogens (tertiary/aromatic N) is 5. The van der Waals surface area contributed by atoms with Crippen molar-refractivity contribution in [2.24, 2.45) is 5.10 Å². The minimum absolute atomic E-state index is 0.236. The first-order chi connectivity index (χ1) is 15.5. The normalized spacial score (nSPS) is 24.9. The van der Waals surface area contributed by atoms with Crippen LogP contribution in [-0.4, -0.2) is 55.3 Å². The van der Waals surface area contributed by atoms with Gasteiger partial charge in [-0.05, 0) is 89.0 Å². The first kappa shape index (κ1) is 21.0. The van der Waals surface area contributed by atoms with Crippen LogP contribution < -0.4 is 5.43 Å². The fourth-order valence-electron chi connectivity index (χ4n) is 5.25. The van der Waals surface area contributed by atoms with Crippen LogP contribution in [0.1, 0.15) is 80.2 Å². The first-order valence-electron chi connectivity index (χ1n) is 11.7. The quantitative estimate of drug-likeness (QED) is 0.654. The Morgan fingerprint density at radius 3 is 2.62 bits per heavy atom. The van der Waals surface area contributed by atoms with Gasteiger partial charge in [-0.1, -0.05) is 0 Å². The largest absolute Gasteiger partial charge is 0.359 e. The monoisotopic (exact) mass is 433 g/mol. The Morgan fingerprint density at radius 2 is 1.94 bits per heavy atom. The Balaban J connectivity index is 1.40. The zero-order valence-electron chi connectivity index (χ0n) is 19.1. The van der Waals surface area contributed by atoms with Crippen LogP contribution in [0.25, 0.3) is 6.08 Å². The SMILES string of the molecule is Cc1[nH]c(C=C2C(=O)NN=C2c2nccnn2)c(C2CC2)c1CCCN1C(C)CCC1C. The van der Waals surface area contributed by atoms with Crippen LogP contribution in [-0.2, 0) is 11.2 Å². The number of aromatic amines is 1. The zero-order valence-corrected chi connectivity index (χ0v) is 19.1. The summed E-state index contributed by atoms with van der Waals surface area (Å²) in [5.74, 6) is 0.688. The molecular formula is C24H31N7O. The number of carbonyl (C=O) groups is 1. The van der Waals surface area contributed by atoms with Gasteiger partial charge in [0.1, 0.15) is 5.71 Å². The molecule has 1 saturated heterocycles. The van der Waals surface area contributed by atoms with Gasteiger partial charge in [0.15, 0.2) is 0 Å². The minimum atomic E-state index is -0.236.